The number of carbonyl (C=O) groups is 2. The third-order valence-electron chi connectivity index (χ3n) is 7.17. The fourth-order valence-electron chi connectivity index (χ4n) is 4.84. The molecular weight excluding hydrogens is 566 g/mol. The molecule has 0 radical (unpaired) electrons. The molecular formula is C29H40BrN3O4S. The zero-order valence-electron chi connectivity index (χ0n) is 22.7. The van der Waals surface area contributed by atoms with Crippen LogP contribution in [0.25, 0.3) is 0 Å². The molecule has 0 saturated heterocycles. The smallest absolute Gasteiger partial charge is 0.242 e. The highest BCUT2D eigenvalue weighted by Gasteiger charge is 2.28. The Balaban J connectivity index is 1.70. The number of halogens is 1. The molecule has 7 nitrogen and oxygen atoms in total. The second-order valence-corrected chi connectivity index (χ2v) is 12.9. The maximum absolute atomic E-state index is 13.5. The van der Waals surface area contributed by atoms with Crippen LogP contribution in [0.1, 0.15) is 69.9 Å². The first kappa shape index (κ1) is 30.2. The van der Waals surface area contributed by atoms with Gasteiger partial charge in [-0.2, -0.15) is 0 Å². The molecule has 0 spiro atoms. The Morgan fingerprint density at radius 3 is 2.18 bits per heavy atom. The van der Waals surface area contributed by atoms with Crippen molar-refractivity contribution >= 4 is 43.5 Å². The van der Waals surface area contributed by atoms with Crippen molar-refractivity contribution in [3.8, 4) is 0 Å². The number of benzene rings is 2. The first-order valence-electron chi connectivity index (χ1n) is 13.5. The van der Waals surface area contributed by atoms with E-state index in [1.54, 1.807) is 24.0 Å². The maximum atomic E-state index is 13.5. The van der Waals surface area contributed by atoms with Gasteiger partial charge in [0.05, 0.1) is 11.9 Å². The van der Waals surface area contributed by atoms with Crippen LogP contribution >= 0.6 is 15.9 Å². The molecule has 1 fully saturated rings. The highest BCUT2D eigenvalue weighted by Crippen LogP contribution is 2.21. The molecule has 1 aliphatic carbocycles. The summed E-state index contributed by atoms with van der Waals surface area (Å²) in [7, 11) is -3.51. The maximum Gasteiger partial charge on any atom is 0.242 e. The number of aryl methyl sites for hydroxylation is 1. The number of amides is 2. The Morgan fingerprint density at radius 2 is 1.61 bits per heavy atom. The van der Waals surface area contributed by atoms with Gasteiger partial charge < -0.3 is 10.2 Å². The Morgan fingerprint density at radius 1 is 1.00 bits per heavy atom. The summed E-state index contributed by atoms with van der Waals surface area (Å²) in [6.07, 6.45) is 7.89. The van der Waals surface area contributed by atoms with Gasteiger partial charge in [-0.15, -0.1) is 0 Å². The Hall–Kier alpha value is -2.39. The van der Waals surface area contributed by atoms with E-state index in [1.165, 1.54) is 17.0 Å². The minimum absolute atomic E-state index is 0.136. The van der Waals surface area contributed by atoms with Gasteiger partial charge in [-0.1, -0.05) is 66.4 Å². The zero-order chi connectivity index (χ0) is 27.7. The predicted molar refractivity (Wildman–Crippen MR) is 156 cm³/mol. The van der Waals surface area contributed by atoms with Gasteiger partial charge in [0, 0.05) is 30.0 Å². The van der Waals surface area contributed by atoms with Gasteiger partial charge in [-0.05, 0) is 68.0 Å². The van der Waals surface area contributed by atoms with Crippen molar-refractivity contribution in [2.24, 2.45) is 0 Å². The highest BCUT2D eigenvalue weighted by atomic mass is 79.9. The molecule has 2 aromatic rings. The average Bonchev–Trinajstić information content (AvgIpc) is 2.90. The third kappa shape index (κ3) is 8.83. The molecule has 2 amide bonds. The van der Waals surface area contributed by atoms with Gasteiger partial charge in [0.25, 0.3) is 0 Å². The summed E-state index contributed by atoms with van der Waals surface area (Å²) < 4.78 is 27.3. The summed E-state index contributed by atoms with van der Waals surface area (Å²) in [5.41, 5.74) is 2.64. The Labute approximate surface area is 236 Å². The molecule has 0 unspecified atom stereocenters. The predicted octanol–water partition coefficient (Wildman–Crippen LogP) is 5.42. The molecule has 0 bridgehead atoms. The van der Waals surface area contributed by atoms with Crippen molar-refractivity contribution in [1.29, 1.82) is 0 Å². The van der Waals surface area contributed by atoms with E-state index >= 15 is 0 Å². The van der Waals surface area contributed by atoms with Crippen LogP contribution < -0.4 is 9.62 Å². The summed E-state index contributed by atoms with van der Waals surface area (Å²) in [5, 5.41) is 3.15. The number of rotatable bonds is 12. The molecule has 0 aliphatic heterocycles. The van der Waals surface area contributed by atoms with Gasteiger partial charge in [-0.25, -0.2) is 8.42 Å². The largest absolute Gasteiger partial charge is 0.352 e. The lowest BCUT2D eigenvalue weighted by Gasteiger charge is -2.31. The van der Waals surface area contributed by atoms with Crippen molar-refractivity contribution in [3.05, 3.63) is 64.1 Å². The third-order valence-corrected chi connectivity index (χ3v) is 8.89. The van der Waals surface area contributed by atoms with E-state index in [9.17, 15) is 18.0 Å². The minimum Gasteiger partial charge on any atom is -0.352 e. The normalized spacial score (nSPS) is 15.1. The molecule has 38 heavy (non-hydrogen) atoms. The molecule has 0 aromatic heterocycles. The summed E-state index contributed by atoms with van der Waals surface area (Å²) in [6.45, 7) is 4.31. The zero-order valence-corrected chi connectivity index (χ0v) is 25.1. The SMILES string of the molecule is CCc1ccc(N(CCCC(=O)N(Cc2ccc(Br)cc2)[C@@H](C)C(=O)NC2CCCCC2)S(C)(=O)=O)cc1. The molecule has 208 valence electrons. The summed E-state index contributed by atoms with van der Waals surface area (Å²) >= 11 is 3.44. The van der Waals surface area contributed by atoms with Gasteiger partial charge >= 0.3 is 0 Å². The standard InChI is InChI=1S/C29H40BrN3O4S/c1-4-23-14-18-27(19-15-23)33(38(3,36)37)20-8-11-28(34)32(21-24-12-16-25(30)17-13-24)22(2)29(35)31-26-9-6-5-7-10-26/h12-19,22,26H,4-11,20-21H2,1-3H3,(H,31,35)/t22-/m0/s1. The molecule has 1 atom stereocenters. The average molecular weight is 607 g/mol. The van der Waals surface area contributed by atoms with Gasteiger partial charge in [0.2, 0.25) is 21.8 Å². The van der Waals surface area contributed by atoms with Crippen molar-refractivity contribution in [3.63, 3.8) is 0 Å². The Kier molecular flexibility index (Phi) is 11.2. The van der Waals surface area contributed by atoms with E-state index < -0.39 is 16.1 Å². The van der Waals surface area contributed by atoms with E-state index in [1.807, 2.05) is 43.3 Å². The summed E-state index contributed by atoms with van der Waals surface area (Å²) in [6, 6.07) is 14.7. The van der Waals surface area contributed by atoms with Crippen LogP contribution in [-0.4, -0.2) is 50.0 Å². The number of nitrogens with zero attached hydrogens (tertiary/aromatic N) is 2. The van der Waals surface area contributed by atoms with E-state index in [0.717, 1.165) is 47.7 Å². The van der Waals surface area contributed by atoms with Crippen LogP contribution in [0.2, 0.25) is 0 Å². The minimum atomic E-state index is -3.51. The van der Waals surface area contributed by atoms with Crippen LogP contribution in [0.3, 0.4) is 0 Å². The van der Waals surface area contributed by atoms with Crippen molar-refractivity contribution in [2.75, 3.05) is 17.1 Å². The molecule has 9 heteroatoms. The topological polar surface area (TPSA) is 86.8 Å². The fourth-order valence-corrected chi connectivity index (χ4v) is 6.07. The van der Waals surface area contributed by atoms with Crippen LogP contribution in [0, 0.1) is 0 Å². The van der Waals surface area contributed by atoms with Crippen LogP contribution in [0.15, 0.2) is 53.0 Å². The number of sulfonamides is 1. The number of hydrogen-bond donors (Lipinski definition) is 1. The van der Waals surface area contributed by atoms with Crippen molar-refractivity contribution < 1.29 is 18.0 Å². The van der Waals surface area contributed by atoms with E-state index in [0.29, 0.717) is 18.7 Å². The number of anilines is 1. The lowest BCUT2D eigenvalue weighted by Crippen LogP contribution is -2.50. The molecule has 2 aromatic carbocycles. The lowest BCUT2D eigenvalue weighted by atomic mass is 9.95. The molecule has 1 saturated carbocycles. The quantitative estimate of drug-likeness (QED) is 0.350. The first-order chi connectivity index (χ1) is 18.1. The lowest BCUT2D eigenvalue weighted by molar-refractivity contribution is -0.141. The van der Waals surface area contributed by atoms with Crippen LogP contribution in [0.5, 0.6) is 0 Å². The fraction of sp³-hybridized carbons (Fsp3) is 0.517. The number of carbonyl (C=O) groups excluding carboxylic acids is 2. The summed E-state index contributed by atoms with van der Waals surface area (Å²) in [4.78, 5) is 28.2. The monoisotopic (exact) mass is 605 g/mol. The number of hydrogen-bond acceptors (Lipinski definition) is 4. The van der Waals surface area contributed by atoms with Gasteiger partial charge in [-0.3, -0.25) is 13.9 Å². The van der Waals surface area contributed by atoms with E-state index in [2.05, 4.69) is 21.2 Å². The van der Waals surface area contributed by atoms with Crippen LogP contribution in [-0.2, 0) is 32.6 Å². The molecule has 1 N–H and O–H groups in total. The molecule has 3 rings (SSSR count). The number of nitrogens with one attached hydrogen (secondary N) is 1. The van der Waals surface area contributed by atoms with Gasteiger partial charge in [0.1, 0.15) is 6.04 Å². The molecule has 1 aliphatic rings. The summed E-state index contributed by atoms with van der Waals surface area (Å²) in [5.74, 6) is -0.315. The van der Waals surface area contributed by atoms with E-state index in [-0.39, 0.29) is 30.8 Å². The second kappa shape index (κ2) is 14.1. The van der Waals surface area contributed by atoms with Gasteiger partial charge in [0.15, 0.2) is 0 Å². The molecule has 0 heterocycles. The van der Waals surface area contributed by atoms with Crippen LogP contribution in [0.4, 0.5) is 5.69 Å². The highest BCUT2D eigenvalue weighted by molar-refractivity contribution is 9.10. The van der Waals surface area contributed by atoms with Crippen molar-refractivity contribution in [2.45, 2.75) is 83.8 Å². The first-order valence-corrected chi connectivity index (χ1v) is 16.1. The van der Waals surface area contributed by atoms with E-state index in [4.69, 9.17) is 0 Å². The van der Waals surface area contributed by atoms with Crippen molar-refractivity contribution in [1.82, 2.24) is 10.2 Å². The second-order valence-electron chi connectivity index (χ2n) is 10.1. The Bertz CT molecular complexity index is 1160.